The highest BCUT2D eigenvalue weighted by molar-refractivity contribution is 9.10. The van der Waals surface area contributed by atoms with Gasteiger partial charge in [0.15, 0.2) is 0 Å². The van der Waals surface area contributed by atoms with E-state index < -0.39 is 23.7 Å². The van der Waals surface area contributed by atoms with E-state index in [0.29, 0.717) is 21.5 Å². The van der Waals surface area contributed by atoms with Gasteiger partial charge in [0, 0.05) is 11.6 Å². The normalized spacial score (nSPS) is 15.7. The molecule has 0 saturated carbocycles. The number of hydrogen-bond acceptors (Lipinski definition) is 7. The average Bonchev–Trinajstić information content (AvgIpc) is 2.83. The average molecular weight is 430 g/mol. The smallest absolute Gasteiger partial charge is 0.326 e. The lowest BCUT2D eigenvalue weighted by atomic mass is 10.1. The first-order valence-corrected chi connectivity index (χ1v) is 8.84. The minimum atomic E-state index is -0.629. The van der Waals surface area contributed by atoms with Crippen molar-refractivity contribution in [1.29, 1.82) is 0 Å². The summed E-state index contributed by atoms with van der Waals surface area (Å²) in [6.45, 7) is 1.43. The van der Waals surface area contributed by atoms with Gasteiger partial charge in [0.2, 0.25) is 0 Å². The van der Waals surface area contributed by atoms with E-state index in [2.05, 4.69) is 15.9 Å². The predicted molar refractivity (Wildman–Crippen MR) is 96.6 cm³/mol. The third kappa shape index (κ3) is 4.35. The molecule has 134 valence electrons. The van der Waals surface area contributed by atoms with Crippen LogP contribution in [0.15, 0.2) is 21.5 Å². The molecule has 0 N–H and O–H groups in total. The zero-order valence-corrected chi connectivity index (χ0v) is 16.2. The molecule has 0 aliphatic carbocycles. The molecule has 0 bridgehead atoms. The molecule has 9 heteroatoms. The highest BCUT2D eigenvalue weighted by atomic mass is 79.9. The Balaban J connectivity index is 2.30. The lowest BCUT2D eigenvalue weighted by Crippen LogP contribution is -2.34. The molecule has 1 aliphatic heterocycles. The molecular weight excluding hydrogens is 414 g/mol. The van der Waals surface area contributed by atoms with E-state index in [1.807, 2.05) is 0 Å². The Hall–Kier alpha value is -2.00. The number of carbonyl (C=O) groups excluding carboxylic acids is 3. The summed E-state index contributed by atoms with van der Waals surface area (Å²) < 4.78 is 16.0. The number of hydrogen-bond donors (Lipinski definition) is 0. The van der Waals surface area contributed by atoms with Crippen molar-refractivity contribution in [2.45, 2.75) is 6.92 Å². The highest BCUT2D eigenvalue weighted by Gasteiger charge is 2.36. The van der Waals surface area contributed by atoms with Crippen LogP contribution in [0.25, 0.3) is 6.08 Å². The van der Waals surface area contributed by atoms with Crippen LogP contribution in [0, 0.1) is 0 Å². The van der Waals surface area contributed by atoms with Crippen LogP contribution in [0.4, 0.5) is 4.79 Å². The van der Waals surface area contributed by atoms with E-state index in [1.165, 1.54) is 14.2 Å². The molecule has 0 radical (unpaired) electrons. The topological polar surface area (TPSA) is 82.1 Å². The van der Waals surface area contributed by atoms with Gasteiger partial charge in [0.05, 0.1) is 30.2 Å². The summed E-state index contributed by atoms with van der Waals surface area (Å²) in [6.07, 6.45) is 1.54. The van der Waals surface area contributed by atoms with E-state index in [0.717, 1.165) is 16.7 Å². The Morgan fingerprint density at radius 1 is 1.24 bits per heavy atom. The van der Waals surface area contributed by atoms with Gasteiger partial charge in [0.25, 0.3) is 11.1 Å². The van der Waals surface area contributed by atoms with Gasteiger partial charge in [-0.05, 0) is 46.8 Å². The number of halogens is 1. The Kier molecular flexibility index (Phi) is 6.49. The van der Waals surface area contributed by atoms with Crippen LogP contribution in [0.2, 0.25) is 0 Å². The van der Waals surface area contributed by atoms with Crippen molar-refractivity contribution in [3.8, 4) is 11.5 Å². The van der Waals surface area contributed by atoms with Crippen LogP contribution >= 0.6 is 27.7 Å². The van der Waals surface area contributed by atoms with Gasteiger partial charge in [0.1, 0.15) is 18.0 Å². The lowest BCUT2D eigenvalue weighted by Gasteiger charge is -2.11. The molecule has 1 aliphatic rings. The third-order valence-corrected chi connectivity index (χ3v) is 4.78. The van der Waals surface area contributed by atoms with Gasteiger partial charge in [-0.3, -0.25) is 19.3 Å². The molecule has 0 atom stereocenters. The predicted octanol–water partition coefficient (Wildman–Crippen LogP) is 3.07. The third-order valence-electron chi connectivity index (χ3n) is 3.26. The van der Waals surface area contributed by atoms with E-state index in [9.17, 15) is 14.4 Å². The summed E-state index contributed by atoms with van der Waals surface area (Å²) in [4.78, 5) is 37.0. The van der Waals surface area contributed by atoms with Crippen molar-refractivity contribution < 1.29 is 28.6 Å². The maximum Gasteiger partial charge on any atom is 0.326 e. The standard InChI is InChI=1S/C16H16BrNO6S/c1-4-24-14(19)8-18-15(20)13(25-16(18)21)6-9-5-10(17)12(23-3)7-11(9)22-2/h5-7H,4,8H2,1-3H3/b13-6-. The first-order valence-electron chi connectivity index (χ1n) is 7.23. The number of ether oxygens (including phenoxy) is 3. The fraction of sp³-hybridized carbons (Fsp3) is 0.312. The van der Waals surface area contributed by atoms with E-state index in [1.54, 1.807) is 25.1 Å². The molecule has 1 saturated heterocycles. The Bertz CT molecular complexity index is 748. The Morgan fingerprint density at radius 3 is 2.52 bits per heavy atom. The summed E-state index contributed by atoms with van der Waals surface area (Å²) >= 11 is 4.13. The van der Waals surface area contributed by atoms with Crippen molar-refractivity contribution in [2.24, 2.45) is 0 Å². The molecule has 0 spiro atoms. The first kappa shape index (κ1) is 19.3. The number of carbonyl (C=O) groups is 3. The lowest BCUT2D eigenvalue weighted by molar-refractivity contribution is -0.145. The quantitative estimate of drug-likeness (QED) is 0.507. The zero-order chi connectivity index (χ0) is 18.6. The van der Waals surface area contributed by atoms with Gasteiger partial charge in [-0.1, -0.05) is 0 Å². The number of benzene rings is 1. The Labute approximate surface area is 157 Å². The molecule has 7 nitrogen and oxygen atoms in total. The van der Waals surface area contributed by atoms with E-state index >= 15 is 0 Å². The summed E-state index contributed by atoms with van der Waals surface area (Å²) in [6, 6.07) is 3.38. The van der Waals surface area contributed by atoms with Crippen molar-refractivity contribution >= 4 is 50.9 Å². The maximum atomic E-state index is 12.4. The van der Waals surface area contributed by atoms with E-state index in [-0.39, 0.29) is 11.5 Å². The van der Waals surface area contributed by atoms with Crippen molar-refractivity contribution in [1.82, 2.24) is 4.90 Å². The first-order chi connectivity index (χ1) is 11.9. The maximum absolute atomic E-state index is 12.4. The van der Waals surface area contributed by atoms with Crippen LogP contribution in [0.3, 0.4) is 0 Å². The van der Waals surface area contributed by atoms with Gasteiger partial charge >= 0.3 is 5.97 Å². The number of imide groups is 1. The number of amides is 2. The van der Waals surface area contributed by atoms with Crippen molar-refractivity contribution in [3.63, 3.8) is 0 Å². The van der Waals surface area contributed by atoms with Crippen LogP contribution in [-0.4, -0.2) is 49.4 Å². The summed E-state index contributed by atoms with van der Waals surface area (Å²) in [5, 5.41) is -0.518. The fourth-order valence-electron chi connectivity index (χ4n) is 2.11. The molecule has 1 heterocycles. The molecule has 1 fully saturated rings. The van der Waals surface area contributed by atoms with E-state index in [4.69, 9.17) is 14.2 Å². The molecule has 25 heavy (non-hydrogen) atoms. The molecule has 0 unspecified atom stereocenters. The number of nitrogens with zero attached hydrogens (tertiary/aromatic N) is 1. The van der Waals surface area contributed by atoms with Gasteiger partial charge in [-0.15, -0.1) is 0 Å². The molecule has 1 aromatic rings. The van der Waals surface area contributed by atoms with Crippen LogP contribution in [-0.2, 0) is 14.3 Å². The summed E-state index contributed by atoms with van der Waals surface area (Å²) in [5.74, 6) is -0.116. The minimum absolute atomic E-state index is 0.183. The molecule has 0 aromatic heterocycles. The zero-order valence-electron chi connectivity index (χ0n) is 13.8. The van der Waals surface area contributed by atoms with Crippen LogP contribution in [0.1, 0.15) is 12.5 Å². The van der Waals surface area contributed by atoms with Gasteiger partial charge in [-0.25, -0.2) is 0 Å². The second-order valence-corrected chi connectivity index (χ2v) is 6.65. The second-order valence-electron chi connectivity index (χ2n) is 4.80. The molecule has 2 rings (SSSR count). The number of methoxy groups -OCH3 is 2. The monoisotopic (exact) mass is 429 g/mol. The van der Waals surface area contributed by atoms with Crippen molar-refractivity contribution in [2.75, 3.05) is 27.4 Å². The SMILES string of the molecule is CCOC(=O)CN1C(=O)S/C(=C\c2cc(Br)c(OC)cc2OC)C1=O. The number of thioether (sulfide) groups is 1. The molecular formula is C16H16BrNO6S. The molecule has 2 amide bonds. The fourth-order valence-corrected chi connectivity index (χ4v) is 3.46. The minimum Gasteiger partial charge on any atom is -0.496 e. The Morgan fingerprint density at radius 2 is 1.92 bits per heavy atom. The van der Waals surface area contributed by atoms with Gasteiger partial charge in [-0.2, -0.15) is 0 Å². The largest absolute Gasteiger partial charge is 0.496 e. The van der Waals surface area contributed by atoms with Crippen LogP contribution in [0.5, 0.6) is 11.5 Å². The summed E-state index contributed by atoms with van der Waals surface area (Å²) in [7, 11) is 3.02. The highest BCUT2D eigenvalue weighted by Crippen LogP contribution is 2.37. The number of esters is 1. The number of rotatable bonds is 6. The van der Waals surface area contributed by atoms with Crippen LogP contribution < -0.4 is 9.47 Å². The summed E-state index contributed by atoms with van der Waals surface area (Å²) in [5.41, 5.74) is 0.594. The molecule has 1 aromatic carbocycles. The van der Waals surface area contributed by atoms with Crippen molar-refractivity contribution in [3.05, 3.63) is 27.1 Å². The second kappa shape index (κ2) is 8.39. The van der Waals surface area contributed by atoms with Gasteiger partial charge < -0.3 is 14.2 Å².